The van der Waals surface area contributed by atoms with Gasteiger partial charge in [0.25, 0.3) is 0 Å². The average molecular weight is 333 g/mol. The maximum absolute atomic E-state index is 13.2. The molecule has 4 unspecified atom stereocenters. The molecule has 0 spiro atoms. The molecule has 0 aromatic rings. The van der Waals surface area contributed by atoms with E-state index in [1.165, 1.54) is 24.8 Å². The summed E-state index contributed by atoms with van der Waals surface area (Å²) in [4.78, 5) is 13.2. The Labute approximate surface area is 148 Å². The van der Waals surface area contributed by atoms with Gasteiger partial charge in [0.15, 0.2) is 5.78 Å². The molecule has 2 saturated carbocycles. The van der Waals surface area contributed by atoms with Crippen LogP contribution in [-0.4, -0.2) is 17.5 Å². The van der Waals surface area contributed by atoms with Crippen LogP contribution in [0.4, 0.5) is 0 Å². The van der Waals surface area contributed by atoms with Crippen LogP contribution in [0.3, 0.4) is 0 Å². The second-order valence-corrected chi connectivity index (χ2v) is 9.76. The standard InChI is InChI=1S/C22H36O2/c1-5-7-16-8-9-18-21(4)12-6-11-20(2,3)17(21)10-13-22(18,15-23)19(24)14-16/h14,17-18,23H,5-13,15H2,1-4H3. The van der Waals surface area contributed by atoms with E-state index in [-0.39, 0.29) is 17.8 Å². The van der Waals surface area contributed by atoms with Gasteiger partial charge in [0.05, 0.1) is 12.0 Å². The Bertz CT molecular complexity index is 532. The summed E-state index contributed by atoms with van der Waals surface area (Å²) in [5, 5.41) is 10.4. The van der Waals surface area contributed by atoms with Gasteiger partial charge in [-0.2, -0.15) is 0 Å². The van der Waals surface area contributed by atoms with E-state index in [2.05, 4.69) is 27.7 Å². The minimum Gasteiger partial charge on any atom is -0.395 e. The van der Waals surface area contributed by atoms with E-state index in [1.807, 2.05) is 6.08 Å². The lowest BCUT2D eigenvalue weighted by molar-refractivity contribution is -0.164. The van der Waals surface area contributed by atoms with Gasteiger partial charge in [-0.3, -0.25) is 4.79 Å². The van der Waals surface area contributed by atoms with E-state index in [1.54, 1.807) is 0 Å². The molecule has 0 aromatic carbocycles. The molecule has 3 rings (SSSR count). The molecular weight excluding hydrogens is 296 g/mol. The molecule has 0 heterocycles. The molecule has 0 bridgehead atoms. The lowest BCUT2D eigenvalue weighted by atomic mass is 9.42. The van der Waals surface area contributed by atoms with Crippen LogP contribution in [0.2, 0.25) is 0 Å². The molecule has 3 aliphatic carbocycles. The summed E-state index contributed by atoms with van der Waals surface area (Å²) in [5.74, 6) is 1.26. The number of aliphatic hydroxyl groups is 1. The highest BCUT2D eigenvalue weighted by molar-refractivity contribution is 5.96. The largest absolute Gasteiger partial charge is 0.395 e. The molecule has 136 valence electrons. The van der Waals surface area contributed by atoms with Gasteiger partial charge in [-0.25, -0.2) is 0 Å². The van der Waals surface area contributed by atoms with Crippen LogP contribution in [0.5, 0.6) is 0 Å². The van der Waals surface area contributed by atoms with Gasteiger partial charge in [-0.1, -0.05) is 46.1 Å². The van der Waals surface area contributed by atoms with Gasteiger partial charge < -0.3 is 5.11 Å². The SMILES string of the molecule is CCCC1=CC(=O)C2(CO)CCC3C(C)(C)CCCC3(C)C2CC1. The Hall–Kier alpha value is -0.630. The fourth-order valence-electron chi connectivity index (χ4n) is 6.93. The lowest BCUT2D eigenvalue weighted by Gasteiger charge is -2.62. The first-order valence-electron chi connectivity index (χ1n) is 10.1. The predicted octanol–water partition coefficient (Wildman–Crippen LogP) is 5.30. The average Bonchev–Trinajstić information content (AvgIpc) is 2.65. The summed E-state index contributed by atoms with van der Waals surface area (Å²) in [7, 11) is 0. The number of carbonyl (C=O) groups is 1. The van der Waals surface area contributed by atoms with Crippen molar-refractivity contribution in [2.24, 2.45) is 28.1 Å². The molecule has 3 aliphatic rings. The van der Waals surface area contributed by atoms with Crippen molar-refractivity contribution in [3.63, 3.8) is 0 Å². The number of ketones is 1. The monoisotopic (exact) mass is 332 g/mol. The third-order valence-corrected chi connectivity index (χ3v) is 8.05. The Morgan fingerprint density at radius 3 is 2.54 bits per heavy atom. The number of hydrogen-bond donors (Lipinski definition) is 1. The van der Waals surface area contributed by atoms with Crippen LogP contribution in [0, 0.1) is 28.1 Å². The number of rotatable bonds is 3. The second kappa shape index (κ2) is 6.27. The van der Waals surface area contributed by atoms with Crippen LogP contribution in [0.15, 0.2) is 11.6 Å². The van der Waals surface area contributed by atoms with Crippen molar-refractivity contribution < 1.29 is 9.90 Å². The number of allylic oxidation sites excluding steroid dienone is 2. The molecule has 2 nitrogen and oxygen atoms in total. The van der Waals surface area contributed by atoms with Gasteiger partial charge in [-0.05, 0) is 73.7 Å². The predicted molar refractivity (Wildman–Crippen MR) is 98.7 cm³/mol. The van der Waals surface area contributed by atoms with E-state index in [0.717, 1.165) is 38.5 Å². The first kappa shape index (κ1) is 18.2. The van der Waals surface area contributed by atoms with E-state index < -0.39 is 5.41 Å². The van der Waals surface area contributed by atoms with Crippen LogP contribution in [0.1, 0.15) is 85.5 Å². The van der Waals surface area contributed by atoms with Crippen LogP contribution in [-0.2, 0) is 4.79 Å². The van der Waals surface area contributed by atoms with E-state index in [0.29, 0.717) is 17.3 Å². The Morgan fingerprint density at radius 2 is 1.88 bits per heavy atom. The summed E-state index contributed by atoms with van der Waals surface area (Å²) in [6, 6.07) is 0. The summed E-state index contributed by atoms with van der Waals surface area (Å²) >= 11 is 0. The Balaban J connectivity index is 2.01. The fraction of sp³-hybridized carbons (Fsp3) is 0.864. The van der Waals surface area contributed by atoms with Crippen molar-refractivity contribution in [1.82, 2.24) is 0 Å². The second-order valence-electron chi connectivity index (χ2n) is 9.76. The zero-order chi connectivity index (χ0) is 17.6. The highest BCUT2D eigenvalue weighted by atomic mass is 16.3. The van der Waals surface area contributed by atoms with Gasteiger partial charge in [-0.15, -0.1) is 0 Å². The van der Waals surface area contributed by atoms with Gasteiger partial charge in [0, 0.05) is 0 Å². The molecule has 24 heavy (non-hydrogen) atoms. The molecule has 0 amide bonds. The fourth-order valence-corrected chi connectivity index (χ4v) is 6.93. The molecule has 0 saturated heterocycles. The van der Waals surface area contributed by atoms with Crippen LogP contribution in [0.25, 0.3) is 0 Å². The lowest BCUT2D eigenvalue weighted by Crippen LogP contribution is -2.58. The smallest absolute Gasteiger partial charge is 0.164 e. The summed E-state index contributed by atoms with van der Waals surface area (Å²) < 4.78 is 0. The molecule has 0 aromatic heterocycles. The number of fused-ring (bicyclic) bond motifs is 3. The molecule has 2 fully saturated rings. The summed E-state index contributed by atoms with van der Waals surface area (Å²) in [5.41, 5.74) is 1.38. The zero-order valence-corrected chi connectivity index (χ0v) is 16.2. The Kier molecular flexibility index (Phi) is 4.75. The highest BCUT2D eigenvalue weighted by Gasteiger charge is 2.61. The van der Waals surface area contributed by atoms with Crippen molar-refractivity contribution in [3.8, 4) is 0 Å². The molecular formula is C22H36O2. The molecule has 4 atom stereocenters. The van der Waals surface area contributed by atoms with Crippen molar-refractivity contribution in [3.05, 3.63) is 11.6 Å². The first-order chi connectivity index (χ1) is 11.3. The van der Waals surface area contributed by atoms with Crippen LogP contribution >= 0.6 is 0 Å². The van der Waals surface area contributed by atoms with Crippen molar-refractivity contribution >= 4 is 5.78 Å². The van der Waals surface area contributed by atoms with Gasteiger partial charge >= 0.3 is 0 Å². The van der Waals surface area contributed by atoms with Gasteiger partial charge in [0.1, 0.15) is 0 Å². The van der Waals surface area contributed by atoms with E-state index in [4.69, 9.17) is 0 Å². The first-order valence-corrected chi connectivity index (χ1v) is 10.1. The Morgan fingerprint density at radius 1 is 1.12 bits per heavy atom. The normalized spacial score (nSPS) is 41.9. The number of hydrogen-bond acceptors (Lipinski definition) is 2. The molecule has 2 heteroatoms. The maximum atomic E-state index is 13.2. The molecule has 0 radical (unpaired) electrons. The van der Waals surface area contributed by atoms with E-state index >= 15 is 0 Å². The van der Waals surface area contributed by atoms with Crippen molar-refractivity contribution in [2.45, 2.75) is 85.5 Å². The zero-order valence-electron chi connectivity index (χ0n) is 16.2. The summed E-state index contributed by atoms with van der Waals surface area (Å²) in [6.07, 6.45) is 12.0. The van der Waals surface area contributed by atoms with Crippen molar-refractivity contribution in [2.75, 3.05) is 6.61 Å². The van der Waals surface area contributed by atoms with Crippen LogP contribution < -0.4 is 0 Å². The van der Waals surface area contributed by atoms with E-state index in [9.17, 15) is 9.90 Å². The molecule has 0 aliphatic heterocycles. The third-order valence-electron chi connectivity index (χ3n) is 8.05. The number of aliphatic hydroxyl groups excluding tert-OH is 1. The minimum absolute atomic E-state index is 0.0368. The third kappa shape index (κ3) is 2.60. The van der Waals surface area contributed by atoms with Gasteiger partial charge in [0.2, 0.25) is 0 Å². The maximum Gasteiger partial charge on any atom is 0.164 e. The molecule has 1 N–H and O–H groups in total. The number of carbonyl (C=O) groups excluding carboxylic acids is 1. The topological polar surface area (TPSA) is 37.3 Å². The highest BCUT2D eigenvalue weighted by Crippen LogP contribution is 2.66. The quantitative estimate of drug-likeness (QED) is 0.761. The minimum atomic E-state index is -0.506. The van der Waals surface area contributed by atoms with Crippen molar-refractivity contribution in [1.29, 1.82) is 0 Å². The summed E-state index contributed by atoms with van der Waals surface area (Å²) in [6.45, 7) is 9.53.